The van der Waals surface area contributed by atoms with Gasteiger partial charge in [-0.25, -0.2) is 4.98 Å². The number of likely N-dealkylation sites (tertiary alicyclic amines) is 1. The molecule has 1 saturated heterocycles. The fourth-order valence-electron chi connectivity index (χ4n) is 3.42. The third-order valence-corrected chi connectivity index (χ3v) is 8.28. The van der Waals surface area contributed by atoms with E-state index in [4.69, 9.17) is 14.0 Å². The van der Waals surface area contributed by atoms with Gasteiger partial charge in [0, 0.05) is 34.4 Å². The fourth-order valence-corrected chi connectivity index (χ4v) is 6.39. The number of amides is 1. The van der Waals surface area contributed by atoms with Crippen molar-refractivity contribution in [3.63, 3.8) is 0 Å². The van der Waals surface area contributed by atoms with E-state index in [0.717, 1.165) is 33.6 Å². The molecule has 1 fully saturated rings. The quantitative estimate of drug-likeness (QED) is 0.444. The average Bonchev–Trinajstić information content (AvgIpc) is 3.18. The highest BCUT2D eigenvalue weighted by molar-refractivity contribution is 9.10. The highest BCUT2D eigenvalue weighted by Gasteiger charge is 2.32. The molecule has 29 heavy (non-hydrogen) atoms. The van der Waals surface area contributed by atoms with Crippen molar-refractivity contribution in [1.29, 1.82) is 0 Å². The Bertz CT molecular complexity index is 873. The molecule has 1 amide bonds. The van der Waals surface area contributed by atoms with Crippen LogP contribution in [0.25, 0.3) is 11.3 Å². The third kappa shape index (κ3) is 5.98. The van der Waals surface area contributed by atoms with E-state index >= 15 is 0 Å². The first-order valence-electron chi connectivity index (χ1n) is 9.81. The fraction of sp³-hybridized carbons (Fsp3) is 0.500. The molecule has 2 heterocycles. The number of thiazole rings is 1. The molecular formula is C20H26BrN2O4PS. The Kier molecular flexibility index (Phi) is 8.05. The summed E-state index contributed by atoms with van der Waals surface area (Å²) < 4.78 is 24.1. The average molecular weight is 501 g/mol. The van der Waals surface area contributed by atoms with Crippen LogP contribution in [0.15, 0.2) is 34.1 Å². The maximum atomic E-state index is 12.6. The molecule has 1 aliphatic heterocycles. The molecule has 0 radical (unpaired) electrons. The number of hydrogen-bond donors (Lipinski definition) is 0. The van der Waals surface area contributed by atoms with E-state index in [1.54, 1.807) is 30.1 Å². The standard InChI is InChI=1S/C20H26BrN2O4PS/c1-3-26-28(25,27-4-2)13-19(24)23-10-8-15(9-11-23)20-22-18(14-29-20)16-6-5-7-17(21)12-16/h5-7,12,14-15H,3-4,8-11,13H2,1-2H3. The number of aromatic nitrogens is 1. The summed E-state index contributed by atoms with van der Waals surface area (Å²) in [5, 5.41) is 3.20. The number of carbonyl (C=O) groups is 1. The van der Waals surface area contributed by atoms with E-state index in [-0.39, 0.29) is 25.3 Å². The Balaban J connectivity index is 1.58. The predicted octanol–water partition coefficient (Wildman–Crippen LogP) is 5.54. The molecule has 0 spiro atoms. The molecule has 0 atom stereocenters. The minimum atomic E-state index is -3.36. The van der Waals surface area contributed by atoms with E-state index in [9.17, 15) is 9.36 Å². The Morgan fingerprint density at radius 1 is 1.28 bits per heavy atom. The van der Waals surface area contributed by atoms with E-state index in [2.05, 4.69) is 33.4 Å². The zero-order chi connectivity index (χ0) is 20.9. The molecule has 0 saturated carbocycles. The van der Waals surface area contributed by atoms with Gasteiger partial charge in [-0.1, -0.05) is 28.1 Å². The number of halogens is 1. The van der Waals surface area contributed by atoms with E-state index < -0.39 is 7.60 Å². The van der Waals surface area contributed by atoms with E-state index in [0.29, 0.717) is 19.0 Å². The Labute approximate surface area is 184 Å². The Hall–Kier alpha value is -1.05. The van der Waals surface area contributed by atoms with Crippen molar-refractivity contribution in [2.75, 3.05) is 32.5 Å². The summed E-state index contributed by atoms with van der Waals surface area (Å²) in [5.41, 5.74) is 2.08. The summed E-state index contributed by atoms with van der Waals surface area (Å²) >= 11 is 5.18. The highest BCUT2D eigenvalue weighted by atomic mass is 79.9. The molecule has 1 aromatic carbocycles. The van der Waals surface area contributed by atoms with Gasteiger partial charge < -0.3 is 13.9 Å². The molecule has 0 aliphatic carbocycles. The van der Waals surface area contributed by atoms with Gasteiger partial charge >= 0.3 is 7.60 Å². The molecule has 0 N–H and O–H groups in total. The van der Waals surface area contributed by atoms with Crippen LogP contribution in [0.4, 0.5) is 0 Å². The molecule has 1 aromatic heterocycles. The number of nitrogens with zero attached hydrogens (tertiary/aromatic N) is 2. The van der Waals surface area contributed by atoms with Crippen LogP contribution < -0.4 is 0 Å². The highest BCUT2D eigenvalue weighted by Crippen LogP contribution is 2.48. The smallest absolute Gasteiger partial charge is 0.340 e. The van der Waals surface area contributed by atoms with Gasteiger partial charge in [-0.2, -0.15) is 0 Å². The van der Waals surface area contributed by atoms with Crippen molar-refractivity contribution in [3.8, 4) is 11.3 Å². The summed E-state index contributed by atoms with van der Waals surface area (Å²) in [6.07, 6.45) is 1.51. The Morgan fingerprint density at radius 2 is 1.97 bits per heavy atom. The van der Waals surface area contributed by atoms with Crippen LogP contribution in [0, 0.1) is 0 Å². The minimum Gasteiger partial charge on any atom is -0.342 e. The minimum absolute atomic E-state index is 0.164. The molecule has 1 aliphatic rings. The van der Waals surface area contributed by atoms with Gasteiger partial charge in [-0.3, -0.25) is 9.36 Å². The van der Waals surface area contributed by atoms with Crippen molar-refractivity contribution in [3.05, 3.63) is 39.1 Å². The topological polar surface area (TPSA) is 68.7 Å². The van der Waals surface area contributed by atoms with Gasteiger partial charge in [-0.15, -0.1) is 11.3 Å². The SMILES string of the molecule is CCOP(=O)(CC(=O)N1CCC(c2nc(-c3cccc(Br)c3)cs2)CC1)OCC. The van der Waals surface area contributed by atoms with Crippen LogP contribution in [0.2, 0.25) is 0 Å². The van der Waals surface area contributed by atoms with E-state index in [1.165, 1.54) is 0 Å². The lowest BCUT2D eigenvalue weighted by atomic mass is 9.97. The van der Waals surface area contributed by atoms with Crippen LogP contribution in [0.5, 0.6) is 0 Å². The Morgan fingerprint density at radius 3 is 2.59 bits per heavy atom. The first kappa shape index (κ1) is 22.6. The molecule has 2 aromatic rings. The first-order valence-corrected chi connectivity index (χ1v) is 13.2. The number of hydrogen-bond acceptors (Lipinski definition) is 6. The van der Waals surface area contributed by atoms with Crippen LogP contribution >= 0.6 is 34.9 Å². The van der Waals surface area contributed by atoms with Gasteiger partial charge in [0.05, 0.1) is 23.9 Å². The van der Waals surface area contributed by atoms with Crippen molar-refractivity contribution < 1.29 is 18.4 Å². The zero-order valence-corrected chi connectivity index (χ0v) is 20.0. The van der Waals surface area contributed by atoms with Crippen LogP contribution in [0.3, 0.4) is 0 Å². The molecule has 0 unspecified atom stereocenters. The monoisotopic (exact) mass is 500 g/mol. The number of piperidine rings is 1. The molecule has 9 heteroatoms. The van der Waals surface area contributed by atoms with Gasteiger partial charge in [-0.05, 0) is 38.8 Å². The van der Waals surface area contributed by atoms with Gasteiger partial charge in [0.2, 0.25) is 5.91 Å². The molecule has 0 bridgehead atoms. The largest absolute Gasteiger partial charge is 0.342 e. The number of carbonyl (C=O) groups excluding carboxylic acids is 1. The summed E-state index contributed by atoms with van der Waals surface area (Å²) in [5.74, 6) is 0.179. The normalized spacial score (nSPS) is 15.6. The third-order valence-electron chi connectivity index (χ3n) is 4.82. The lowest BCUT2D eigenvalue weighted by molar-refractivity contribution is -0.129. The molecule has 158 valence electrons. The lowest BCUT2D eigenvalue weighted by Crippen LogP contribution is -2.39. The van der Waals surface area contributed by atoms with Crippen LogP contribution in [0.1, 0.15) is 37.6 Å². The lowest BCUT2D eigenvalue weighted by Gasteiger charge is -2.32. The molecule has 6 nitrogen and oxygen atoms in total. The molecular weight excluding hydrogens is 475 g/mol. The van der Waals surface area contributed by atoms with Crippen molar-refractivity contribution in [2.24, 2.45) is 0 Å². The van der Waals surface area contributed by atoms with Crippen LogP contribution in [-0.2, 0) is 18.4 Å². The second-order valence-electron chi connectivity index (χ2n) is 6.84. The van der Waals surface area contributed by atoms with Gasteiger partial charge in [0.15, 0.2) is 0 Å². The van der Waals surface area contributed by atoms with Gasteiger partial charge in [0.1, 0.15) is 6.16 Å². The van der Waals surface area contributed by atoms with Crippen molar-refractivity contribution in [1.82, 2.24) is 9.88 Å². The predicted molar refractivity (Wildman–Crippen MR) is 120 cm³/mol. The van der Waals surface area contributed by atoms with Crippen molar-refractivity contribution in [2.45, 2.75) is 32.6 Å². The summed E-state index contributed by atoms with van der Waals surface area (Å²) in [7, 11) is -3.36. The zero-order valence-electron chi connectivity index (χ0n) is 16.7. The second-order valence-corrected chi connectivity index (χ2v) is 10.7. The molecule has 3 rings (SSSR count). The van der Waals surface area contributed by atoms with E-state index in [1.807, 2.05) is 12.1 Å². The van der Waals surface area contributed by atoms with Crippen LogP contribution in [-0.4, -0.2) is 48.3 Å². The number of benzene rings is 1. The summed E-state index contributed by atoms with van der Waals surface area (Å²) in [4.78, 5) is 19.2. The summed E-state index contributed by atoms with van der Waals surface area (Å²) in [6.45, 7) is 5.28. The first-order chi connectivity index (χ1) is 13.9. The van der Waals surface area contributed by atoms with Gasteiger partial charge in [0.25, 0.3) is 0 Å². The van der Waals surface area contributed by atoms with Crippen molar-refractivity contribution >= 4 is 40.8 Å². The maximum Gasteiger partial charge on any atom is 0.340 e. The second kappa shape index (κ2) is 10.3. The number of rotatable bonds is 8. The maximum absolute atomic E-state index is 12.6. The summed E-state index contributed by atoms with van der Waals surface area (Å²) in [6, 6.07) is 8.13.